The number of carbonyl (C=O) groups is 1. The molecule has 2 N–H and O–H groups in total. The minimum Gasteiger partial charge on any atom is -0.506 e. The lowest BCUT2D eigenvalue weighted by Crippen LogP contribution is -2.26. The molecule has 0 amide bonds. The van der Waals surface area contributed by atoms with E-state index < -0.39 is 5.78 Å². The van der Waals surface area contributed by atoms with Gasteiger partial charge in [-0.3, -0.25) is 4.79 Å². The van der Waals surface area contributed by atoms with Crippen LogP contribution in [0.1, 0.15) is 12.8 Å². The summed E-state index contributed by atoms with van der Waals surface area (Å²) in [5.74, 6) is -0.0123. The summed E-state index contributed by atoms with van der Waals surface area (Å²) in [5.41, 5.74) is 1.63. The normalized spacial score (nSPS) is 19.6. The number of aromatic nitrogens is 2. The Morgan fingerprint density at radius 1 is 1.26 bits per heavy atom. The minimum absolute atomic E-state index is 0.0200. The van der Waals surface area contributed by atoms with Crippen molar-refractivity contribution in [2.24, 2.45) is 4.99 Å². The van der Waals surface area contributed by atoms with Crippen LogP contribution in [-0.4, -0.2) is 57.3 Å². The summed E-state index contributed by atoms with van der Waals surface area (Å²) < 4.78 is 1.73. The third-order valence-electron chi connectivity index (χ3n) is 4.69. The second-order valence-corrected chi connectivity index (χ2v) is 6.99. The van der Waals surface area contributed by atoms with Gasteiger partial charge in [-0.15, -0.1) is 5.10 Å². The fourth-order valence-corrected chi connectivity index (χ4v) is 3.45. The van der Waals surface area contributed by atoms with Crippen LogP contribution in [0.3, 0.4) is 0 Å². The van der Waals surface area contributed by atoms with Crippen molar-refractivity contribution in [1.82, 2.24) is 14.5 Å². The molecule has 2 aromatic heterocycles. The Hall–Kier alpha value is -2.64. The minimum atomic E-state index is -0.433. The Morgan fingerprint density at radius 2 is 2.07 bits per heavy atom. The number of hydrogen-bond acceptors (Lipinski definition) is 6. The number of allylic oxidation sites excluding steroid dienone is 3. The summed E-state index contributed by atoms with van der Waals surface area (Å²) in [6, 6.07) is 5.69. The van der Waals surface area contributed by atoms with E-state index in [1.165, 1.54) is 18.9 Å². The van der Waals surface area contributed by atoms with E-state index in [1.807, 2.05) is 24.4 Å². The van der Waals surface area contributed by atoms with Crippen LogP contribution in [0.4, 0.5) is 11.5 Å². The van der Waals surface area contributed by atoms with Crippen LogP contribution >= 0.6 is 11.6 Å². The van der Waals surface area contributed by atoms with Crippen molar-refractivity contribution in [3.63, 3.8) is 0 Å². The van der Waals surface area contributed by atoms with Gasteiger partial charge in [-0.25, -0.2) is 9.51 Å². The molecule has 1 aliphatic heterocycles. The number of rotatable bonds is 5. The van der Waals surface area contributed by atoms with Gasteiger partial charge in [0.2, 0.25) is 5.78 Å². The van der Waals surface area contributed by atoms with Gasteiger partial charge < -0.3 is 15.3 Å². The number of ketones is 1. The lowest BCUT2D eigenvalue weighted by Gasteiger charge is -2.14. The molecule has 2 aliphatic rings. The maximum absolute atomic E-state index is 11.6. The number of carbonyl (C=O) groups excluding carboxylic acids is 1. The molecule has 0 saturated carbocycles. The van der Waals surface area contributed by atoms with Crippen molar-refractivity contribution >= 4 is 40.1 Å². The van der Waals surface area contributed by atoms with Crippen molar-refractivity contribution in [2.45, 2.75) is 12.8 Å². The zero-order chi connectivity index (χ0) is 18.8. The first-order valence-corrected chi connectivity index (χ1v) is 9.34. The number of pyridine rings is 1. The molecule has 0 atom stereocenters. The topological polar surface area (TPSA) is 82.2 Å². The summed E-state index contributed by atoms with van der Waals surface area (Å²) in [6.45, 7) is 3.96. The zero-order valence-corrected chi connectivity index (χ0v) is 15.5. The largest absolute Gasteiger partial charge is 0.506 e. The van der Waals surface area contributed by atoms with Gasteiger partial charge in [0.25, 0.3) is 0 Å². The van der Waals surface area contributed by atoms with Gasteiger partial charge in [-0.05, 0) is 44.1 Å². The SMILES string of the molecule is O=C1C=C(O)/C(=N/c2c(NCCN3CCCC3)nn3ccccc23)C=C1Cl. The molecule has 1 saturated heterocycles. The summed E-state index contributed by atoms with van der Waals surface area (Å²) >= 11 is 5.91. The van der Waals surface area contributed by atoms with Crippen molar-refractivity contribution in [3.8, 4) is 0 Å². The number of fused-ring (bicyclic) bond motifs is 1. The van der Waals surface area contributed by atoms with Gasteiger partial charge in [-0.2, -0.15) is 0 Å². The van der Waals surface area contributed by atoms with Gasteiger partial charge in [0.1, 0.15) is 17.2 Å². The molecule has 4 rings (SSSR count). The highest BCUT2D eigenvalue weighted by atomic mass is 35.5. The molecular weight excluding hydrogens is 366 g/mol. The molecule has 3 heterocycles. The van der Waals surface area contributed by atoms with E-state index in [1.54, 1.807) is 4.52 Å². The molecule has 27 heavy (non-hydrogen) atoms. The summed E-state index contributed by atoms with van der Waals surface area (Å²) in [4.78, 5) is 18.5. The monoisotopic (exact) mass is 385 g/mol. The molecule has 0 bridgehead atoms. The predicted octanol–water partition coefficient (Wildman–Crippen LogP) is 3.06. The standard InChI is InChI=1S/C19H20ClN5O2/c20-13-11-14(17(27)12-16(13)26)22-18-15-5-1-2-9-25(15)23-19(18)21-6-10-24-7-3-4-8-24/h1-2,5,9,11-12,27H,3-4,6-8,10H2,(H,21,23)/b22-14+. The summed E-state index contributed by atoms with van der Waals surface area (Å²) in [5, 5.41) is 18.0. The lowest BCUT2D eigenvalue weighted by atomic mass is 10.1. The molecule has 1 fully saturated rings. The Bertz CT molecular complexity index is 970. The maximum Gasteiger partial charge on any atom is 0.201 e. The molecule has 140 valence electrons. The quantitative estimate of drug-likeness (QED) is 0.773. The van der Waals surface area contributed by atoms with Crippen molar-refractivity contribution in [3.05, 3.63) is 47.3 Å². The molecule has 0 radical (unpaired) electrons. The first-order chi connectivity index (χ1) is 13.1. The Kier molecular flexibility index (Phi) is 4.96. The van der Waals surface area contributed by atoms with E-state index in [2.05, 4.69) is 20.3 Å². The van der Waals surface area contributed by atoms with Gasteiger partial charge >= 0.3 is 0 Å². The number of aliphatic hydroxyl groups excluding tert-OH is 1. The summed E-state index contributed by atoms with van der Waals surface area (Å²) in [7, 11) is 0. The number of nitrogens with zero attached hydrogens (tertiary/aromatic N) is 4. The van der Waals surface area contributed by atoms with Crippen LogP contribution in [0.2, 0.25) is 0 Å². The smallest absolute Gasteiger partial charge is 0.201 e. The average Bonchev–Trinajstić information content (AvgIpc) is 3.28. The number of aliphatic hydroxyl groups is 1. The third-order valence-corrected chi connectivity index (χ3v) is 4.99. The fourth-order valence-electron chi connectivity index (χ4n) is 3.30. The van der Waals surface area contributed by atoms with E-state index in [-0.39, 0.29) is 16.5 Å². The van der Waals surface area contributed by atoms with Gasteiger partial charge in [0.05, 0.1) is 10.5 Å². The second kappa shape index (κ2) is 7.54. The molecule has 0 aromatic carbocycles. The molecule has 0 unspecified atom stereocenters. The van der Waals surface area contributed by atoms with E-state index in [4.69, 9.17) is 11.6 Å². The fraction of sp³-hybridized carbons (Fsp3) is 0.316. The Labute approximate surface area is 161 Å². The number of anilines is 1. The number of halogens is 1. The number of aliphatic imine (C=N–C) groups is 1. The van der Waals surface area contributed by atoms with Crippen molar-refractivity contribution in [2.75, 3.05) is 31.5 Å². The summed E-state index contributed by atoms with van der Waals surface area (Å²) in [6.07, 6.45) is 6.80. The maximum atomic E-state index is 11.6. The van der Waals surface area contributed by atoms with Crippen LogP contribution < -0.4 is 5.32 Å². The number of hydrogen-bond donors (Lipinski definition) is 2. The highest BCUT2D eigenvalue weighted by Gasteiger charge is 2.19. The predicted molar refractivity (Wildman–Crippen MR) is 106 cm³/mol. The van der Waals surface area contributed by atoms with Crippen LogP contribution in [-0.2, 0) is 4.79 Å². The van der Waals surface area contributed by atoms with Crippen LogP contribution in [0.25, 0.3) is 5.52 Å². The third kappa shape index (κ3) is 3.74. The Balaban J connectivity index is 1.65. The molecule has 8 heteroatoms. The van der Waals surface area contributed by atoms with E-state index in [9.17, 15) is 9.90 Å². The molecular formula is C19H20ClN5O2. The van der Waals surface area contributed by atoms with Gasteiger partial charge in [0, 0.05) is 25.4 Å². The van der Waals surface area contributed by atoms with Gasteiger partial charge in [0.15, 0.2) is 5.82 Å². The van der Waals surface area contributed by atoms with E-state index in [0.29, 0.717) is 11.5 Å². The van der Waals surface area contributed by atoms with Crippen LogP contribution in [0.15, 0.2) is 52.3 Å². The van der Waals surface area contributed by atoms with Crippen molar-refractivity contribution in [1.29, 1.82) is 0 Å². The second-order valence-electron chi connectivity index (χ2n) is 6.59. The van der Waals surface area contributed by atoms with E-state index >= 15 is 0 Å². The first kappa shape index (κ1) is 17.8. The van der Waals surface area contributed by atoms with Crippen molar-refractivity contribution < 1.29 is 9.90 Å². The highest BCUT2D eigenvalue weighted by molar-refractivity contribution is 6.47. The lowest BCUT2D eigenvalue weighted by molar-refractivity contribution is -0.110. The van der Waals surface area contributed by atoms with Crippen LogP contribution in [0, 0.1) is 0 Å². The zero-order valence-electron chi connectivity index (χ0n) is 14.7. The highest BCUT2D eigenvalue weighted by Crippen LogP contribution is 2.31. The molecule has 0 spiro atoms. The molecule has 1 aliphatic carbocycles. The average molecular weight is 386 g/mol. The molecule has 7 nitrogen and oxygen atoms in total. The number of likely N-dealkylation sites (tertiary alicyclic amines) is 1. The van der Waals surface area contributed by atoms with Crippen LogP contribution in [0.5, 0.6) is 0 Å². The first-order valence-electron chi connectivity index (χ1n) is 8.96. The van der Waals surface area contributed by atoms with Gasteiger partial charge in [-0.1, -0.05) is 17.7 Å². The number of nitrogens with one attached hydrogen (secondary N) is 1. The van der Waals surface area contributed by atoms with E-state index in [0.717, 1.165) is 37.8 Å². The Morgan fingerprint density at radius 3 is 2.89 bits per heavy atom. The molecule has 2 aromatic rings.